The molecule has 0 nitrogen and oxygen atoms in total. The maximum absolute atomic E-state index is 6.24. The van der Waals surface area contributed by atoms with Crippen LogP contribution in [0.2, 0.25) is 0 Å². The molecule has 0 N–H and O–H groups in total. The number of halogens is 1. The summed E-state index contributed by atoms with van der Waals surface area (Å²) in [4.78, 5) is 0. The van der Waals surface area contributed by atoms with E-state index in [1.807, 2.05) is 0 Å². The molecule has 3 heteroatoms. The summed E-state index contributed by atoms with van der Waals surface area (Å²) >= 11 is 6.24. The van der Waals surface area contributed by atoms with Gasteiger partial charge in [-0.25, -0.2) is 0 Å². The quantitative estimate of drug-likeness (QED) is 0.123. The first-order valence-electron chi connectivity index (χ1n) is 16.8. The number of alkyl halides is 1. The predicted octanol–water partition coefficient (Wildman–Crippen LogP) is 8.69. The van der Waals surface area contributed by atoms with Crippen molar-refractivity contribution in [3.8, 4) is 22.3 Å². The van der Waals surface area contributed by atoms with Crippen molar-refractivity contribution in [2.45, 2.75) is 130 Å². The second kappa shape index (κ2) is 13.9. The predicted molar refractivity (Wildman–Crippen MR) is 210 cm³/mol. The Morgan fingerprint density at radius 2 is 0.894 bits per heavy atom. The number of rotatable bonds is 1. The molecule has 2 aliphatic rings. The molecule has 2 aliphatic carbocycles. The zero-order valence-corrected chi connectivity index (χ0v) is 32.0. The Bertz CT molecular complexity index is 1770. The first kappa shape index (κ1) is 39.7. The SMILES string of the molecule is CC(C)(C)c1ccc2c(c1)-c1cc(C(C)(C)C)c(CCl)cc1C2.Cc1cc2c(cc1C(C)(C)C)-c1cc(C(C)(C)C)ccc1C2.[AlH3].[H-].[Li+]. The van der Waals surface area contributed by atoms with Gasteiger partial charge < -0.3 is 1.43 Å². The third-order valence-electron chi connectivity index (χ3n) is 9.83. The Kier molecular flexibility index (Phi) is 11.8. The molecule has 47 heavy (non-hydrogen) atoms. The molecular weight excluding hydrogens is 598 g/mol. The summed E-state index contributed by atoms with van der Waals surface area (Å²) in [6, 6.07) is 23.6. The minimum atomic E-state index is 0. The van der Waals surface area contributed by atoms with E-state index in [2.05, 4.69) is 151 Å². The molecule has 0 aromatic heterocycles. The third kappa shape index (κ3) is 8.20. The fourth-order valence-electron chi connectivity index (χ4n) is 7.18. The second-order valence-corrected chi connectivity index (χ2v) is 18.0. The standard InChI is InChI=1S/C22H27Cl.C22H28.Al.Li.4H/c1-21(2,3)17-8-7-14-9-15-10-16(13-23)20(22(4,5)6)12-19(15)18(14)11-17;1-14-10-16-11-15-8-9-17(21(2,3)4)12-18(15)19(16)13-20(14)22(5,6)7;;;;;;/h7-8,10-12H,9,13H2,1-6H3;8-10,12-13H,11H2,1-7H3;;;;;;/q;;;+1;;;;-1. The summed E-state index contributed by atoms with van der Waals surface area (Å²) < 4.78 is 0. The number of benzene rings is 4. The number of fused-ring (bicyclic) bond motifs is 6. The molecular formula is C44H59AlClLi. The van der Waals surface area contributed by atoms with Gasteiger partial charge in [0.2, 0.25) is 0 Å². The topological polar surface area (TPSA) is 0 Å². The summed E-state index contributed by atoms with van der Waals surface area (Å²) in [6.45, 7) is 29.7. The van der Waals surface area contributed by atoms with Crippen molar-refractivity contribution in [3.05, 3.63) is 116 Å². The van der Waals surface area contributed by atoms with Crippen LogP contribution in [-0.2, 0) is 40.4 Å². The van der Waals surface area contributed by atoms with Crippen molar-refractivity contribution >= 4 is 29.0 Å². The van der Waals surface area contributed by atoms with E-state index in [1.165, 1.54) is 77.9 Å². The Morgan fingerprint density at radius 3 is 1.28 bits per heavy atom. The van der Waals surface area contributed by atoms with E-state index in [-0.39, 0.29) is 59.3 Å². The summed E-state index contributed by atoms with van der Waals surface area (Å²) in [5, 5.41) is 0. The zero-order valence-electron chi connectivity index (χ0n) is 32.3. The average Bonchev–Trinajstić information content (AvgIpc) is 3.46. The third-order valence-corrected chi connectivity index (χ3v) is 10.1. The van der Waals surface area contributed by atoms with Gasteiger partial charge in [0, 0.05) is 5.88 Å². The monoisotopic (exact) mass is 656 g/mol. The van der Waals surface area contributed by atoms with Crippen LogP contribution >= 0.6 is 11.6 Å². The number of hydrogen-bond acceptors (Lipinski definition) is 0. The molecule has 0 atom stereocenters. The van der Waals surface area contributed by atoms with Crippen LogP contribution in [0.25, 0.3) is 22.3 Å². The van der Waals surface area contributed by atoms with Gasteiger partial charge in [-0.2, -0.15) is 0 Å². The molecule has 4 aromatic carbocycles. The van der Waals surface area contributed by atoms with E-state index >= 15 is 0 Å². The van der Waals surface area contributed by atoms with Gasteiger partial charge in [-0.3, -0.25) is 0 Å². The molecule has 246 valence electrons. The van der Waals surface area contributed by atoms with Crippen molar-refractivity contribution in [2.24, 2.45) is 0 Å². The normalized spacial score (nSPS) is 13.3. The summed E-state index contributed by atoms with van der Waals surface area (Å²) in [5.74, 6) is 0.587. The molecule has 0 saturated carbocycles. The van der Waals surface area contributed by atoms with Crippen LogP contribution in [0.1, 0.15) is 140 Å². The number of aryl methyl sites for hydroxylation is 1. The van der Waals surface area contributed by atoms with Crippen molar-refractivity contribution in [2.75, 3.05) is 0 Å². The van der Waals surface area contributed by atoms with Crippen LogP contribution in [-0.4, -0.2) is 17.4 Å². The largest absolute Gasteiger partial charge is 1.00 e. The maximum Gasteiger partial charge on any atom is 1.00 e. The Labute approximate surface area is 316 Å². The molecule has 0 aliphatic heterocycles. The summed E-state index contributed by atoms with van der Waals surface area (Å²) in [5.41, 5.74) is 20.7. The molecule has 0 amide bonds. The van der Waals surface area contributed by atoms with Crippen molar-refractivity contribution < 1.29 is 20.3 Å². The van der Waals surface area contributed by atoms with Gasteiger partial charge in [0.25, 0.3) is 0 Å². The molecule has 0 fully saturated rings. The fraction of sp³-hybridized carbons (Fsp3) is 0.455. The Hall–Kier alpha value is -1.70. The van der Waals surface area contributed by atoms with Gasteiger partial charge in [-0.1, -0.05) is 144 Å². The Balaban J connectivity index is 0.000000314. The molecule has 4 aromatic rings. The smallest absolute Gasteiger partial charge is 1.00 e. The first-order valence-corrected chi connectivity index (χ1v) is 17.4. The van der Waals surface area contributed by atoms with Crippen LogP contribution < -0.4 is 18.9 Å². The minimum absolute atomic E-state index is 0. The van der Waals surface area contributed by atoms with Gasteiger partial charge >= 0.3 is 18.9 Å². The van der Waals surface area contributed by atoms with Crippen LogP contribution in [0, 0.1) is 6.92 Å². The molecule has 6 rings (SSSR count). The fourth-order valence-corrected chi connectivity index (χ4v) is 7.40. The average molecular weight is 657 g/mol. The van der Waals surface area contributed by atoms with Gasteiger partial charge in [-0.05, 0) is 119 Å². The van der Waals surface area contributed by atoms with Crippen LogP contribution in [0.5, 0.6) is 0 Å². The van der Waals surface area contributed by atoms with E-state index in [4.69, 9.17) is 11.6 Å². The van der Waals surface area contributed by atoms with E-state index in [0.29, 0.717) is 5.88 Å². The first-order chi connectivity index (χ1) is 20.7. The van der Waals surface area contributed by atoms with Crippen molar-refractivity contribution in [3.63, 3.8) is 0 Å². The van der Waals surface area contributed by atoms with Crippen molar-refractivity contribution in [1.29, 1.82) is 0 Å². The van der Waals surface area contributed by atoms with Crippen LogP contribution in [0.15, 0.2) is 60.7 Å². The minimum Gasteiger partial charge on any atom is -1.00 e. The molecule has 0 spiro atoms. The van der Waals surface area contributed by atoms with Gasteiger partial charge in [0.15, 0.2) is 17.4 Å². The number of hydrogen-bond donors (Lipinski definition) is 0. The van der Waals surface area contributed by atoms with Crippen molar-refractivity contribution in [1.82, 2.24) is 0 Å². The summed E-state index contributed by atoms with van der Waals surface area (Å²) in [6.07, 6.45) is 2.11. The van der Waals surface area contributed by atoms with Gasteiger partial charge in [-0.15, -0.1) is 11.6 Å². The van der Waals surface area contributed by atoms with Gasteiger partial charge in [0.1, 0.15) is 0 Å². The van der Waals surface area contributed by atoms with Crippen LogP contribution in [0.3, 0.4) is 0 Å². The van der Waals surface area contributed by atoms with E-state index in [0.717, 1.165) is 12.8 Å². The van der Waals surface area contributed by atoms with E-state index in [1.54, 1.807) is 0 Å². The zero-order chi connectivity index (χ0) is 33.3. The van der Waals surface area contributed by atoms with Crippen LogP contribution in [0.4, 0.5) is 0 Å². The molecule has 0 saturated heterocycles. The Morgan fingerprint density at radius 1 is 0.511 bits per heavy atom. The summed E-state index contributed by atoms with van der Waals surface area (Å²) in [7, 11) is 0. The maximum atomic E-state index is 6.24. The molecule has 0 unspecified atom stereocenters. The van der Waals surface area contributed by atoms with E-state index in [9.17, 15) is 0 Å². The van der Waals surface area contributed by atoms with E-state index < -0.39 is 0 Å². The molecule has 0 radical (unpaired) electrons. The van der Waals surface area contributed by atoms with Gasteiger partial charge in [0.05, 0.1) is 0 Å². The second-order valence-electron chi connectivity index (χ2n) is 17.7. The molecule has 0 heterocycles. The molecule has 0 bridgehead atoms.